The van der Waals surface area contributed by atoms with E-state index in [1.165, 1.54) is 94.4 Å². The first-order valence-corrected chi connectivity index (χ1v) is 34.6. The van der Waals surface area contributed by atoms with Crippen LogP contribution in [0.5, 0.6) is 0 Å². The van der Waals surface area contributed by atoms with E-state index in [4.69, 9.17) is 4.74 Å². The average molecular weight is 1510 g/mol. The zero-order valence-corrected chi connectivity index (χ0v) is 67.2. The van der Waals surface area contributed by atoms with Gasteiger partial charge < -0.3 is 87.1 Å². The van der Waals surface area contributed by atoms with E-state index in [1.807, 2.05) is 43.3 Å². The summed E-state index contributed by atoms with van der Waals surface area (Å²) < 4.78 is 59.6. The SMILES string of the molecule is CC(=O)CCCNC(C)=O.CC(=O)CCCOC(C)=O.CC(=O)NCCOC(C)=O.CC(=O)OCCOC(C)=O.CCC(=O)CCCOC(C)=O.COC(=O)CCCOC(C)=O.COCCNC(C)=O.COCCOC.COCCOC(C)=O.COCCSC.Cc1ccccc1.Cc1ccccc1. The number of hydrogen-bond donors (Lipinski definition) is 3. The van der Waals surface area contributed by atoms with Crippen LogP contribution >= 0.6 is 11.8 Å². The molecule has 0 unspecified atom stereocenters. The van der Waals surface area contributed by atoms with Gasteiger partial charge in [0.1, 0.15) is 43.8 Å². The number of nitrogens with one attached hydrogen (secondary N) is 3. The normalized spacial score (nSPS) is 8.87. The monoisotopic (exact) mass is 1510 g/mol. The second-order valence-corrected chi connectivity index (χ2v) is 21.4. The van der Waals surface area contributed by atoms with Crippen molar-refractivity contribution in [2.24, 2.45) is 0 Å². The van der Waals surface area contributed by atoms with Gasteiger partial charge in [0.2, 0.25) is 17.7 Å². The molecular weight excluding hydrogens is 1380 g/mol. The number of esters is 8. The lowest BCUT2D eigenvalue weighted by Gasteiger charge is -2.00. The molecule has 104 heavy (non-hydrogen) atoms. The molecule has 0 fully saturated rings. The van der Waals surface area contributed by atoms with Crippen LogP contribution in [0.2, 0.25) is 0 Å². The third-order valence-corrected chi connectivity index (χ3v) is 10.6. The molecule has 0 saturated carbocycles. The van der Waals surface area contributed by atoms with Crippen molar-refractivity contribution in [3.8, 4) is 0 Å². The summed E-state index contributed by atoms with van der Waals surface area (Å²) in [6, 6.07) is 20.5. The lowest BCUT2D eigenvalue weighted by molar-refractivity contribution is -0.149. The van der Waals surface area contributed by atoms with Crippen LogP contribution in [0.15, 0.2) is 60.7 Å². The summed E-state index contributed by atoms with van der Waals surface area (Å²) in [5, 5.41) is 7.68. The van der Waals surface area contributed by atoms with Gasteiger partial charge in [-0.2, -0.15) is 11.8 Å². The highest BCUT2D eigenvalue weighted by atomic mass is 32.2. The first kappa shape index (κ1) is 117. The lowest BCUT2D eigenvalue weighted by atomic mass is 10.2. The van der Waals surface area contributed by atoms with E-state index in [0.29, 0.717) is 117 Å². The fraction of sp³-hybridized carbons (Fsp3) is 0.644. The van der Waals surface area contributed by atoms with Gasteiger partial charge in [0.25, 0.3) is 0 Å². The van der Waals surface area contributed by atoms with Crippen LogP contribution in [-0.4, -0.2) is 236 Å². The van der Waals surface area contributed by atoms with Crippen molar-refractivity contribution in [3.05, 3.63) is 71.8 Å². The predicted octanol–water partition coefficient (Wildman–Crippen LogP) is 8.25. The molecule has 604 valence electrons. The highest BCUT2D eigenvalue weighted by Crippen LogP contribution is 1.97. The lowest BCUT2D eigenvalue weighted by Crippen LogP contribution is -2.24. The van der Waals surface area contributed by atoms with Crippen molar-refractivity contribution in [2.45, 2.75) is 162 Å². The molecule has 0 aromatic heterocycles. The van der Waals surface area contributed by atoms with Crippen molar-refractivity contribution < 1.29 is 129 Å². The summed E-state index contributed by atoms with van der Waals surface area (Å²) in [5.74, 6) is -1.04. The molecule has 0 bridgehead atoms. The van der Waals surface area contributed by atoms with Crippen LogP contribution in [0.4, 0.5) is 0 Å². The fourth-order valence-corrected chi connectivity index (χ4v) is 5.46. The highest BCUT2D eigenvalue weighted by molar-refractivity contribution is 7.98. The summed E-state index contributed by atoms with van der Waals surface area (Å²) in [7, 11) is 9.51. The van der Waals surface area contributed by atoms with Crippen LogP contribution in [0.3, 0.4) is 0 Å². The molecule has 0 aliphatic rings. The minimum atomic E-state index is -0.368. The van der Waals surface area contributed by atoms with Gasteiger partial charge in [0, 0.05) is 156 Å². The molecular formula is C73H129N3O27S. The van der Waals surface area contributed by atoms with E-state index in [-0.39, 0.29) is 109 Å². The van der Waals surface area contributed by atoms with Crippen molar-refractivity contribution >= 4 is 94.6 Å². The Bertz CT molecular complexity index is 2100. The average Bonchev–Trinajstić information content (AvgIpc) is 1.30. The molecule has 0 aliphatic carbocycles. The van der Waals surface area contributed by atoms with E-state index in [1.54, 1.807) is 54.2 Å². The molecule has 0 aliphatic heterocycles. The van der Waals surface area contributed by atoms with Gasteiger partial charge >= 0.3 is 47.8 Å². The van der Waals surface area contributed by atoms with Crippen LogP contribution in [-0.2, 0) is 129 Å². The van der Waals surface area contributed by atoms with Crippen LogP contribution in [0, 0.1) is 13.8 Å². The number of hydrogen-bond acceptors (Lipinski definition) is 28. The van der Waals surface area contributed by atoms with E-state index in [9.17, 15) is 67.1 Å². The van der Waals surface area contributed by atoms with Gasteiger partial charge in [-0.15, -0.1) is 0 Å². The number of ether oxygens (including phenoxy) is 13. The van der Waals surface area contributed by atoms with E-state index in [0.717, 1.165) is 18.8 Å². The molecule has 30 nitrogen and oxygen atoms in total. The Morgan fingerprint density at radius 3 is 0.875 bits per heavy atom. The Balaban J connectivity index is -0.000000116. The molecule has 3 N–H and O–H groups in total. The number of carbonyl (C=O) groups is 14. The zero-order valence-electron chi connectivity index (χ0n) is 66.4. The number of benzene rings is 2. The van der Waals surface area contributed by atoms with Crippen molar-refractivity contribution in [1.82, 2.24) is 16.0 Å². The molecule has 0 radical (unpaired) electrons. The van der Waals surface area contributed by atoms with E-state index < -0.39 is 0 Å². The molecule has 2 rings (SSSR count). The summed E-state index contributed by atoms with van der Waals surface area (Å²) in [5.41, 5.74) is 2.64. The number of amides is 3. The van der Waals surface area contributed by atoms with Gasteiger partial charge in [0.05, 0.1) is 66.5 Å². The third-order valence-electron chi connectivity index (χ3n) is 10.0. The first-order chi connectivity index (χ1) is 49.0. The number of ketones is 3. The standard InChI is InChI=1S/C8H14O3.C7H13NO2.C7H12O4.C7H12O3.2C7H8.C6H11NO3.C6H10O4.C5H11NO2.C5H10O3.C4H10O2.C4H10OS/c1-3-8(10)5-4-6-11-7(2)9;1-6(9)4-3-5-8-7(2)10;1-6(8)11-5-3-4-7(9)10-2;1-6(8)4-3-5-10-7(2)9;2*1-7-5-3-2-4-6-7;1-5(8)7-3-4-10-6(2)9;1-5(7)9-3-4-10-6(2)8;1-5(7)6-3-4-8-2;1-5(6)8-4-3-7-2;2*1-5-3-4-6-2/h3-6H2,1-2H3;3-5H2,1-2H3,(H,8,10);3-5H2,1-2H3;3-5H2,1-2H3;2*2-6H,1H3;3-4H2,1-2H3,(H,7,8);3-4H2,1-2H3;3-4H2,1-2H3,(H,6,7);3-4H2,1-2H3;2*3-4H2,1-2H3. The molecule has 2 aromatic carbocycles. The number of carbonyl (C=O) groups excluding carboxylic acids is 14. The Hall–Kier alpha value is -8.23. The minimum absolute atomic E-state index is 0.0120. The Morgan fingerprint density at radius 1 is 0.327 bits per heavy atom. The maximum absolute atomic E-state index is 10.7. The first-order valence-electron chi connectivity index (χ1n) is 33.2. The maximum atomic E-state index is 10.7. The van der Waals surface area contributed by atoms with Crippen molar-refractivity contribution in [1.29, 1.82) is 0 Å². The van der Waals surface area contributed by atoms with Gasteiger partial charge in [-0.25, -0.2) is 0 Å². The molecule has 0 spiro atoms. The molecule has 31 heteroatoms. The quantitative estimate of drug-likeness (QED) is 0.0332. The van der Waals surface area contributed by atoms with E-state index in [2.05, 4.69) is 117 Å². The molecule has 3 amide bonds. The van der Waals surface area contributed by atoms with Crippen LogP contribution in [0.25, 0.3) is 0 Å². The Kier molecular flexibility index (Phi) is 111. The van der Waals surface area contributed by atoms with Gasteiger partial charge in [-0.3, -0.25) is 57.5 Å². The summed E-state index contributed by atoms with van der Waals surface area (Å²) in [6.07, 6.45) is 7.04. The minimum Gasteiger partial charge on any atom is -0.469 e. The number of aryl methyl sites for hydroxylation is 2. The number of methoxy groups -OCH3 is 6. The van der Waals surface area contributed by atoms with Crippen molar-refractivity contribution in [2.75, 3.05) is 154 Å². The summed E-state index contributed by atoms with van der Waals surface area (Å²) in [4.78, 5) is 144. The molecule has 2 aromatic rings. The van der Waals surface area contributed by atoms with Crippen molar-refractivity contribution in [3.63, 3.8) is 0 Å². The van der Waals surface area contributed by atoms with Crippen LogP contribution in [0.1, 0.15) is 159 Å². The second kappa shape index (κ2) is 98.9. The predicted molar refractivity (Wildman–Crippen MR) is 398 cm³/mol. The molecule has 0 atom stereocenters. The van der Waals surface area contributed by atoms with E-state index >= 15 is 0 Å². The molecule has 0 saturated heterocycles. The smallest absolute Gasteiger partial charge is 0.305 e. The number of rotatable bonds is 35. The van der Waals surface area contributed by atoms with Gasteiger partial charge in [0.15, 0.2) is 0 Å². The third kappa shape index (κ3) is 166. The maximum Gasteiger partial charge on any atom is 0.305 e. The second-order valence-electron chi connectivity index (χ2n) is 20.4. The Labute approximate surface area is 623 Å². The molecule has 0 heterocycles. The number of thioether (sulfide) groups is 1. The van der Waals surface area contributed by atoms with Gasteiger partial charge in [-0.1, -0.05) is 78.7 Å². The summed E-state index contributed by atoms with van der Waals surface area (Å²) in [6.45, 7) is 29.5. The largest absolute Gasteiger partial charge is 0.469 e. The highest BCUT2D eigenvalue weighted by Gasteiger charge is 2.02. The zero-order chi connectivity index (χ0) is 82.0. The van der Waals surface area contributed by atoms with Crippen LogP contribution < -0.4 is 16.0 Å². The summed E-state index contributed by atoms with van der Waals surface area (Å²) >= 11 is 1.80. The number of Topliss-reactive ketones (excluding diaryl/α,β-unsaturated/α-hetero) is 3. The fourth-order valence-electron chi connectivity index (χ4n) is 5.13. The van der Waals surface area contributed by atoms with Gasteiger partial charge in [-0.05, 0) is 59.6 Å². The topological polar surface area (TPSA) is 395 Å². The Morgan fingerprint density at radius 2 is 0.606 bits per heavy atom.